The highest BCUT2D eigenvalue weighted by molar-refractivity contribution is 7.17. The van der Waals surface area contributed by atoms with Gasteiger partial charge in [0, 0.05) is 26.2 Å². The molecule has 0 aromatic carbocycles. The van der Waals surface area contributed by atoms with Crippen LogP contribution in [0, 0.1) is 0 Å². The van der Waals surface area contributed by atoms with Crippen LogP contribution in [0.25, 0.3) is 0 Å². The fraction of sp³-hybridized carbons (Fsp3) is 0.550. The highest BCUT2D eigenvalue weighted by Gasteiger charge is 2.34. The summed E-state index contributed by atoms with van der Waals surface area (Å²) in [5.74, 6) is -1.95. The number of rotatable bonds is 9. The standard InChI is InChI=1S/C20H27ClN6O5S/c1-4-10-15(21)26-16(23-10)18(29)24-11-7-8-27(9-12(11)32-6-3)20-25-13(17(28)22-5-2)14(33-20)19(30)31/h11-12H,4-9H2,1-3H3,(H,22,28)(H,23,26)(H,24,29)(H,30,31)/t11-,12+/m0/s1. The number of H-pyrrole nitrogens is 1. The number of carbonyl (C=O) groups is 3. The molecule has 1 saturated heterocycles. The number of nitrogens with zero attached hydrogens (tertiary/aromatic N) is 3. The molecule has 4 N–H and O–H groups in total. The third-order valence-electron chi connectivity index (χ3n) is 5.19. The van der Waals surface area contributed by atoms with Crippen molar-refractivity contribution in [3.8, 4) is 0 Å². The van der Waals surface area contributed by atoms with Crippen molar-refractivity contribution in [1.29, 1.82) is 0 Å². The molecule has 0 spiro atoms. The van der Waals surface area contributed by atoms with Gasteiger partial charge in [-0.25, -0.2) is 14.8 Å². The Morgan fingerprint density at radius 1 is 1.27 bits per heavy atom. The van der Waals surface area contributed by atoms with E-state index in [2.05, 4.69) is 25.6 Å². The highest BCUT2D eigenvalue weighted by Crippen LogP contribution is 2.30. The number of imidazole rings is 1. The van der Waals surface area contributed by atoms with E-state index in [0.29, 0.717) is 49.9 Å². The van der Waals surface area contributed by atoms with Crippen molar-refractivity contribution in [2.75, 3.05) is 31.1 Å². The number of aromatic nitrogens is 3. The Bertz CT molecular complexity index is 1020. The molecule has 13 heteroatoms. The van der Waals surface area contributed by atoms with E-state index in [9.17, 15) is 19.5 Å². The van der Waals surface area contributed by atoms with Crippen LogP contribution in [0.4, 0.5) is 5.13 Å². The molecule has 0 unspecified atom stereocenters. The minimum Gasteiger partial charge on any atom is -0.477 e. The highest BCUT2D eigenvalue weighted by atomic mass is 35.5. The number of nitrogens with one attached hydrogen (secondary N) is 3. The van der Waals surface area contributed by atoms with Crippen molar-refractivity contribution in [3.05, 3.63) is 27.2 Å². The molecule has 0 bridgehead atoms. The van der Waals surface area contributed by atoms with E-state index < -0.39 is 11.9 Å². The van der Waals surface area contributed by atoms with Gasteiger partial charge >= 0.3 is 5.97 Å². The van der Waals surface area contributed by atoms with E-state index in [4.69, 9.17) is 16.3 Å². The summed E-state index contributed by atoms with van der Waals surface area (Å²) in [4.78, 5) is 49.7. The zero-order valence-corrected chi connectivity index (χ0v) is 20.2. The molecule has 2 aromatic heterocycles. The zero-order valence-electron chi connectivity index (χ0n) is 18.6. The number of aryl methyl sites for hydroxylation is 1. The van der Waals surface area contributed by atoms with E-state index in [1.54, 1.807) is 6.92 Å². The van der Waals surface area contributed by atoms with Gasteiger partial charge < -0.3 is 30.4 Å². The predicted molar refractivity (Wildman–Crippen MR) is 124 cm³/mol. The lowest BCUT2D eigenvalue weighted by atomic mass is 10.0. The maximum Gasteiger partial charge on any atom is 0.348 e. The van der Waals surface area contributed by atoms with Crippen LogP contribution >= 0.6 is 22.9 Å². The number of piperidine rings is 1. The summed E-state index contributed by atoms with van der Waals surface area (Å²) >= 11 is 7.00. The van der Waals surface area contributed by atoms with E-state index in [-0.39, 0.29) is 39.6 Å². The molecule has 0 radical (unpaired) electrons. The lowest BCUT2D eigenvalue weighted by Gasteiger charge is -2.38. The van der Waals surface area contributed by atoms with Gasteiger partial charge in [-0.3, -0.25) is 9.59 Å². The Balaban J connectivity index is 1.75. The number of carbonyl (C=O) groups excluding carboxylic acids is 2. The lowest BCUT2D eigenvalue weighted by molar-refractivity contribution is 0.0271. The van der Waals surface area contributed by atoms with Crippen molar-refractivity contribution in [2.45, 2.75) is 45.8 Å². The molecule has 1 aliphatic rings. The van der Waals surface area contributed by atoms with E-state index in [0.717, 1.165) is 11.3 Å². The van der Waals surface area contributed by atoms with Crippen molar-refractivity contribution in [2.24, 2.45) is 0 Å². The van der Waals surface area contributed by atoms with Gasteiger partial charge in [-0.2, -0.15) is 0 Å². The van der Waals surface area contributed by atoms with Crippen LogP contribution in [0.2, 0.25) is 5.15 Å². The molecule has 3 rings (SSSR count). The van der Waals surface area contributed by atoms with Crippen molar-refractivity contribution >= 4 is 45.9 Å². The first-order chi connectivity index (χ1) is 15.8. The van der Waals surface area contributed by atoms with Crippen LogP contribution in [0.1, 0.15) is 63.7 Å². The summed E-state index contributed by atoms with van der Waals surface area (Å²) in [7, 11) is 0. The Hall–Kier alpha value is -2.70. The predicted octanol–water partition coefficient (Wildman–Crippen LogP) is 1.94. The first-order valence-electron chi connectivity index (χ1n) is 10.7. The molecule has 1 aliphatic heterocycles. The number of halogens is 1. The first kappa shape index (κ1) is 24.9. The monoisotopic (exact) mass is 498 g/mol. The number of carboxylic acids is 1. The minimum atomic E-state index is -1.20. The zero-order chi connectivity index (χ0) is 24.1. The molecule has 2 aromatic rings. The quantitative estimate of drug-likeness (QED) is 0.409. The van der Waals surface area contributed by atoms with Crippen LogP contribution in [0.3, 0.4) is 0 Å². The second-order valence-corrected chi connectivity index (χ2v) is 8.69. The molecule has 11 nitrogen and oxygen atoms in total. The maximum absolute atomic E-state index is 12.7. The van der Waals surface area contributed by atoms with Gasteiger partial charge in [0.1, 0.15) is 4.88 Å². The average molecular weight is 499 g/mol. The van der Waals surface area contributed by atoms with E-state index in [1.165, 1.54) is 0 Å². The van der Waals surface area contributed by atoms with Gasteiger partial charge in [-0.1, -0.05) is 29.9 Å². The van der Waals surface area contributed by atoms with Gasteiger partial charge in [0.2, 0.25) is 0 Å². The number of amides is 2. The van der Waals surface area contributed by atoms with Crippen LogP contribution in [-0.2, 0) is 11.2 Å². The summed E-state index contributed by atoms with van der Waals surface area (Å²) < 4.78 is 5.87. The largest absolute Gasteiger partial charge is 0.477 e. The molecule has 2 amide bonds. The second kappa shape index (κ2) is 10.9. The molecular formula is C20H27ClN6O5S. The summed E-state index contributed by atoms with van der Waals surface area (Å²) in [6.07, 6.45) is 0.793. The second-order valence-electron chi connectivity index (χ2n) is 7.36. The number of aromatic carboxylic acids is 1. The summed E-state index contributed by atoms with van der Waals surface area (Å²) in [6, 6.07) is -0.288. The van der Waals surface area contributed by atoms with Crippen molar-refractivity contribution in [3.63, 3.8) is 0 Å². The minimum absolute atomic E-state index is 0.103. The number of carboxylic acid groups (broad SMARTS) is 1. The van der Waals surface area contributed by atoms with Gasteiger partial charge in [-0.05, 0) is 26.7 Å². The number of hydrogen-bond donors (Lipinski definition) is 4. The van der Waals surface area contributed by atoms with Gasteiger partial charge in [0.05, 0.1) is 17.8 Å². The summed E-state index contributed by atoms with van der Waals surface area (Å²) in [6.45, 7) is 7.18. The Kier molecular flexibility index (Phi) is 8.27. The smallest absolute Gasteiger partial charge is 0.348 e. The van der Waals surface area contributed by atoms with Crippen LogP contribution in [-0.4, -0.2) is 76.2 Å². The topological polar surface area (TPSA) is 150 Å². The lowest BCUT2D eigenvalue weighted by Crippen LogP contribution is -2.55. The van der Waals surface area contributed by atoms with Gasteiger partial charge in [0.25, 0.3) is 11.8 Å². The third-order valence-corrected chi connectivity index (χ3v) is 6.60. The number of ether oxygens (including phenoxy) is 1. The number of thiazole rings is 1. The fourth-order valence-electron chi connectivity index (χ4n) is 3.59. The third kappa shape index (κ3) is 5.63. The van der Waals surface area contributed by atoms with Crippen molar-refractivity contribution < 1.29 is 24.2 Å². The van der Waals surface area contributed by atoms with E-state index in [1.807, 2.05) is 18.7 Å². The molecule has 0 aliphatic carbocycles. The van der Waals surface area contributed by atoms with Gasteiger partial charge in [-0.15, -0.1) is 0 Å². The summed E-state index contributed by atoms with van der Waals surface area (Å²) in [5, 5.41) is 15.8. The molecule has 0 saturated carbocycles. The summed E-state index contributed by atoms with van der Waals surface area (Å²) in [5.41, 5.74) is 0.591. The number of hydrogen-bond acceptors (Lipinski definition) is 8. The molecule has 2 atom stereocenters. The molecule has 180 valence electrons. The molecule has 1 fully saturated rings. The van der Waals surface area contributed by atoms with Gasteiger partial charge in [0.15, 0.2) is 21.8 Å². The Labute approximate surface area is 199 Å². The first-order valence-corrected chi connectivity index (χ1v) is 11.9. The molecular weight excluding hydrogens is 472 g/mol. The number of anilines is 1. The SMILES string of the molecule is CCNC(=O)c1nc(N2CC[C@H](NC(=O)c3nc(Cl)c(CC)[nH]3)[C@H](OCC)C2)sc1C(=O)O. The van der Waals surface area contributed by atoms with Crippen LogP contribution in [0.15, 0.2) is 0 Å². The van der Waals surface area contributed by atoms with Crippen LogP contribution < -0.4 is 15.5 Å². The van der Waals surface area contributed by atoms with Crippen molar-refractivity contribution in [1.82, 2.24) is 25.6 Å². The molecule has 3 heterocycles. The van der Waals surface area contributed by atoms with Crippen LogP contribution in [0.5, 0.6) is 0 Å². The Morgan fingerprint density at radius 3 is 2.64 bits per heavy atom. The molecule has 33 heavy (non-hydrogen) atoms. The fourth-order valence-corrected chi connectivity index (χ4v) is 4.79. The maximum atomic E-state index is 12.7. The number of aromatic amines is 1. The average Bonchev–Trinajstić information content (AvgIpc) is 3.39. The van der Waals surface area contributed by atoms with E-state index >= 15 is 0 Å². The Morgan fingerprint density at radius 2 is 2.03 bits per heavy atom. The normalized spacial score (nSPS) is 18.2.